The summed E-state index contributed by atoms with van der Waals surface area (Å²) in [7, 11) is 0. The van der Waals surface area contributed by atoms with Crippen LogP contribution in [0.5, 0.6) is 0 Å². The maximum Gasteiger partial charge on any atom is 0.186 e. The molecule has 12 rings (SSSR count). The van der Waals surface area contributed by atoms with E-state index in [0.29, 0.717) is 0 Å². The first-order valence-electron chi connectivity index (χ1n) is 42.2. The molecule has 0 aromatic rings. The van der Waals surface area contributed by atoms with Gasteiger partial charge in [0.15, 0.2) is 75.5 Å². The van der Waals surface area contributed by atoms with Gasteiger partial charge in [-0.15, -0.1) is 0 Å². The largest absolute Gasteiger partial charge is 0.394 e. The van der Waals surface area contributed by atoms with Crippen LogP contribution in [0.4, 0.5) is 0 Å². The van der Waals surface area contributed by atoms with Crippen LogP contribution in [0.3, 0.4) is 0 Å². The van der Waals surface area contributed by atoms with Crippen molar-refractivity contribution in [1.29, 1.82) is 0 Å². The topological polar surface area (TPSA) is 981 Å². The Morgan fingerprint density at radius 1 is 0.113 bits per heavy atom. The van der Waals surface area contributed by atoms with Crippen molar-refractivity contribution in [2.75, 3.05) is 79.3 Å². The first-order chi connectivity index (χ1) is 62.8. The Morgan fingerprint density at radius 3 is 0.331 bits per heavy atom. The summed E-state index contributed by atoms with van der Waals surface area (Å²) in [4.78, 5) is 0. The Balaban J connectivity index is 0.582. The summed E-state index contributed by atoms with van der Waals surface area (Å²) in [6, 6.07) is 0. The molecule has 0 bridgehead atoms. The number of aliphatic hydroxyl groups excluding tert-OH is 38. The van der Waals surface area contributed by atoms with Crippen LogP contribution in [0.2, 0.25) is 0 Å². The van der Waals surface area contributed by atoms with Crippen LogP contribution < -0.4 is 0 Å². The average Bonchev–Trinajstić information content (AvgIpc) is 0.792. The van der Waals surface area contributed by atoms with Gasteiger partial charge in [0.2, 0.25) is 0 Å². The van der Waals surface area contributed by atoms with Crippen LogP contribution in [-0.4, -0.2) is 642 Å². The Bertz CT molecular complexity index is 3330. The van der Waals surface area contributed by atoms with E-state index in [0.717, 1.165) is 0 Å². The minimum Gasteiger partial charge on any atom is -0.394 e. The second-order valence-corrected chi connectivity index (χ2v) is 34.0. The van der Waals surface area contributed by atoms with E-state index < -0.39 is 448 Å². The minimum absolute atomic E-state index is 0.749. The third-order valence-electron chi connectivity index (χ3n) is 24.9. The number of aliphatic hydroxyl groups is 38. The Labute approximate surface area is 748 Å². The van der Waals surface area contributed by atoms with Gasteiger partial charge in [-0.05, 0) is 0 Å². The summed E-state index contributed by atoms with van der Waals surface area (Å²) in [5.41, 5.74) is 0. The zero-order chi connectivity index (χ0) is 97.4. The highest BCUT2D eigenvalue weighted by molar-refractivity contribution is 5.01. The van der Waals surface area contributed by atoms with E-state index in [1.165, 1.54) is 0 Å². The normalized spacial score (nSPS) is 53.8. The fraction of sp³-hybridized carbons (Fsp3) is 1.00. The van der Waals surface area contributed by atoms with Crippen molar-refractivity contribution < 1.29 is 303 Å². The van der Waals surface area contributed by atoms with Crippen molar-refractivity contribution in [3.05, 3.63) is 0 Å². The first kappa shape index (κ1) is 109. The molecule has 0 saturated carbocycles. The van der Waals surface area contributed by atoms with E-state index in [1.807, 2.05) is 0 Å². The molecule has 12 heterocycles. The lowest BCUT2D eigenvalue weighted by molar-refractivity contribution is -0.356. The van der Waals surface area contributed by atoms with Crippen molar-refractivity contribution in [3.63, 3.8) is 0 Å². The van der Waals surface area contributed by atoms with Crippen molar-refractivity contribution >= 4 is 0 Å². The third kappa shape index (κ3) is 24.3. The summed E-state index contributed by atoms with van der Waals surface area (Å²) in [6.45, 7) is -10.6. The highest BCUT2D eigenvalue weighted by Gasteiger charge is 2.58. The van der Waals surface area contributed by atoms with Crippen molar-refractivity contribution in [2.24, 2.45) is 0 Å². The molecule has 12 fully saturated rings. The summed E-state index contributed by atoms with van der Waals surface area (Å²) in [5.74, 6) is 0. The van der Waals surface area contributed by atoms with Crippen LogP contribution in [0.25, 0.3) is 0 Å². The standard InChI is InChI=1S/C72H122O61/c73-1-13-25(74)38(87)50(99)62(123-13)112-3-15-27(76)40(89)52(101)64(125-15)114-5-17-29(78)42(91)54(103)66(127-17)116-7-19-31(80)44(93)56(105)68(129-19)118-9-21-33(82)46(95)58(107)70(131-21)120-11-23-35(84)48(97)60(109)72(133-23)121-12-24-36(85)47(96)59(108)71(132-24)119-10-22-34(83)45(94)57(106)69(130-22)117-8-20-32(81)43(92)55(104)67(128-20)115-6-18-30(79)41(90)53(102)65(126-18)113-4-16-28(77)39(88)51(100)63(124-16)111-2-14-26(75)37(86)49(98)61(110)122-14/h13-110H,1-12H2/t13-,14-,15-,16-,17-,18-,19-,20-,21-,22-,23-,24-,25-,26-,27-,28-,29-,30-,31-,32-,33-,34-,35-,36-,37+,38+,39+,40+,41+,42+,43+,44+,45+,46+,47+,48+,49-,50-,51-,52-,53-,54-,55-,56-,57-,58-,59-,60-,61+,62+,63+,64+,65+,66+,67+,68+,69+,70+,71+,72+/m1/s1. The van der Waals surface area contributed by atoms with E-state index in [1.54, 1.807) is 0 Å². The second-order valence-electron chi connectivity index (χ2n) is 34.0. The SMILES string of the molecule is OC[C@H]1O[C@H](OC[C@H]2O[C@H](OC[C@H]3O[C@H](OC[C@H]4O[C@H](OC[C@H]5O[C@H](OC[C@H]6O[C@H](OC[C@H]7O[C@H](OC[C@H]8O[C@H](OC[C@H]9O[C@H](OC[C@H]%10O[C@H](OC[C@H]%11O[C@H](OC[C@H]%12O[C@H](O)[C@H](O)[C@@H](O)[C@@H]%12O)[C@H](O)[C@@H](O)[C@@H]%11O)[C@H](O)[C@@H](O)[C@@H]%10O)[C@H](O)[C@@H](O)[C@@H]9O)[C@H](O)[C@@H](O)[C@@H]8O)[C@H](O)[C@@H](O)[C@@H]7O)[C@H](O)[C@@H](O)[C@@H]6O)[C@H](O)[C@@H](O)[C@@H]5O)[C@H](O)[C@@H](O)[C@@H]4O)[C@H](O)[C@@H](O)[C@@H]3O)[C@H](O)[C@@H](O)[C@@H]2O)[C@H](O)[C@@H](O)[C@@H]1O. The first-order valence-corrected chi connectivity index (χ1v) is 42.2. The molecule has 12 saturated heterocycles. The number of hydrogen-bond donors (Lipinski definition) is 38. The molecule has 0 aliphatic carbocycles. The van der Waals surface area contributed by atoms with Gasteiger partial charge in [-0.25, -0.2) is 0 Å². The smallest absolute Gasteiger partial charge is 0.186 e. The van der Waals surface area contributed by atoms with Gasteiger partial charge in [0.25, 0.3) is 0 Å². The maximum atomic E-state index is 11.0. The molecule has 12 aliphatic heterocycles. The lowest BCUT2D eigenvalue weighted by Gasteiger charge is -2.45. The van der Waals surface area contributed by atoms with Gasteiger partial charge >= 0.3 is 0 Å². The predicted octanol–water partition coefficient (Wildman–Crippen LogP) is -27.2. The van der Waals surface area contributed by atoms with Crippen LogP contribution in [0.1, 0.15) is 0 Å². The molecular weight excluding hydrogens is 1840 g/mol. The summed E-state index contributed by atoms with van der Waals surface area (Å²) < 4.78 is 128. The van der Waals surface area contributed by atoms with Gasteiger partial charge in [-0.3, -0.25) is 0 Å². The molecule has 60 atom stereocenters. The number of hydrogen-bond acceptors (Lipinski definition) is 61. The van der Waals surface area contributed by atoms with Crippen LogP contribution in [0.15, 0.2) is 0 Å². The van der Waals surface area contributed by atoms with Gasteiger partial charge < -0.3 is 303 Å². The quantitative estimate of drug-likeness (QED) is 0.0284. The van der Waals surface area contributed by atoms with E-state index in [-0.39, 0.29) is 0 Å². The van der Waals surface area contributed by atoms with E-state index in [9.17, 15) is 194 Å². The van der Waals surface area contributed by atoms with Gasteiger partial charge in [0.05, 0.1) is 79.3 Å². The predicted molar refractivity (Wildman–Crippen MR) is 395 cm³/mol. The third-order valence-corrected chi connectivity index (χ3v) is 24.9. The Hall–Kier alpha value is -2.44. The lowest BCUT2D eigenvalue weighted by atomic mass is 9.97. The summed E-state index contributed by atoms with van der Waals surface area (Å²) in [5, 5.41) is 407. The number of ether oxygens (including phenoxy) is 23. The van der Waals surface area contributed by atoms with Crippen LogP contribution >= 0.6 is 0 Å². The van der Waals surface area contributed by atoms with Gasteiger partial charge in [-0.1, -0.05) is 0 Å². The minimum atomic E-state index is -2.17. The molecule has 38 N–H and O–H groups in total. The van der Waals surface area contributed by atoms with Crippen LogP contribution in [-0.2, 0) is 109 Å². The molecule has 0 aromatic carbocycles. The molecule has 12 aliphatic rings. The van der Waals surface area contributed by atoms with Gasteiger partial charge in [-0.2, -0.15) is 0 Å². The number of rotatable bonds is 34. The molecule has 0 unspecified atom stereocenters. The Kier molecular flexibility index (Phi) is 39.0. The molecule has 776 valence electrons. The zero-order valence-electron chi connectivity index (χ0n) is 69.5. The zero-order valence-corrected chi connectivity index (χ0v) is 69.5. The van der Waals surface area contributed by atoms with E-state index in [2.05, 4.69) is 0 Å². The summed E-state index contributed by atoms with van der Waals surface area (Å²) in [6.07, 6.45) is -117. The summed E-state index contributed by atoms with van der Waals surface area (Å²) >= 11 is 0. The van der Waals surface area contributed by atoms with Gasteiger partial charge in [0.1, 0.15) is 293 Å². The van der Waals surface area contributed by atoms with E-state index >= 15 is 0 Å². The molecule has 61 heteroatoms. The molecule has 133 heavy (non-hydrogen) atoms. The average molecular weight is 1960 g/mol. The monoisotopic (exact) mass is 1960 g/mol. The molecule has 0 radical (unpaired) electrons. The van der Waals surface area contributed by atoms with Crippen LogP contribution in [0, 0.1) is 0 Å². The molecule has 0 spiro atoms. The fourth-order valence-electron chi connectivity index (χ4n) is 16.3. The second kappa shape index (κ2) is 47.4. The van der Waals surface area contributed by atoms with Crippen molar-refractivity contribution in [1.82, 2.24) is 0 Å². The van der Waals surface area contributed by atoms with Crippen molar-refractivity contribution in [2.45, 2.75) is 368 Å². The van der Waals surface area contributed by atoms with Crippen molar-refractivity contribution in [3.8, 4) is 0 Å². The highest BCUT2D eigenvalue weighted by atomic mass is 16.8. The maximum absolute atomic E-state index is 11.0. The van der Waals surface area contributed by atoms with Gasteiger partial charge in [0, 0.05) is 0 Å². The molecule has 0 amide bonds. The molecule has 61 nitrogen and oxygen atoms in total. The lowest BCUT2D eigenvalue weighted by Crippen LogP contribution is -2.64. The Morgan fingerprint density at radius 2 is 0.211 bits per heavy atom. The molecule has 0 aromatic heterocycles. The van der Waals surface area contributed by atoms with E-state index in [4.69, 9.17) is 109 Å². The highest BCUT2D eigenvalue weighted by Crippen LogP contribution is 2.37. The fourth-order valence-corrected chi connectivity index (χ4v) is 16.3. The molecular formula is C72H122O61.